The van der Waals surface area contributed by atoms with Crippen molar-refractivity contribution in [1.82, 2.24) is 9.62 Å². The highest BCUT2D eigenvalue weighted by molar-refractivity contribution is 7.97. The van der Waals surface area contributed by atoms with Gasteiger partial charge in [-0.1, -0.05) is 61.9 Å². The summed E-state index contributed by atoms with van der Waals surface area (Å²) in [6, 6.07) is 25.7. The molecule has 2 unspecified atom stereocenters. The van der Waals surface area contributed by atoms with Crippen LogP contribution in [0.25, 0.3) is 0 Å². The third-order valence-electron chi connectivity index (χ3n) is 6.26. The number of benzene rings is 3. The highest BCUT2D eigenvalue weighted by Gasteiger charge is 2.18. The van der Waals surface area contributed by atoms with Crippen molar-refractivity contribution >= 4 is 17.9 Å². The molecule has 2 N–H and O–H groups in total. The zero-order valence-corrected chi connectivity index (χ0v) is 25.4. The van der Waals surface area contributed by atoms with Crippen molar-refractivity contribution in [3.8, 4) is 11.5 Å². The molecule has 0 aliphatic carbocycles. The molecule has 0 aromatic heterocycles. The van der Waals surface area contributed by atoms with Crippen LogP contribution in [0, 0.1) is 12.8 Å². The Kier molecular flexibility index (Phi) is 14.0. The average Bonchev–Trinajstić information content (AvgIpc) is 3.47. The van der Waals surface area contributed by atoms with E-state index in [9.17, 15) is 9.90 Å². The number of hydrogen-bond acceptors (Lipinski definition) is 7. The summed E-state index contributed by atoms with van der Waals surface area (Å²) >= 11 is 1.65. The van der Waals surface area contributed by atoms with Gasteiger partial charge < -0.3 is 24.6 Å². The fourth-order valence-corrected chi connectivity index (χ4v) is 5.27. The smallest absolute Gasteiger partial charge is 0.226 e. The Morgan fingerprint density at radius 2 is 1.73 bits per heavy atom. The van der Waals surface area contributed by atoms with Gasteiger partial charge in [0.1, 0.15) is 23.8 Å². The third kappa shape index (κ3) is 13.0. The first-order chi connectivity index (χ1) is 19.8. The molecule has 1 fully saturated rings. The second-order valence-electron chi connectivity index (χ2n) is 10.5. The van der Waals surface area contributed by atoms with E-state index in [-0.39, 0.29) is 18.4 Å². The molecule has 7 nitrogen and oxygen atoms in total. The van der Waals surface area contributed by atoms with Crippen molar-refractivity contribution in [1.29, 1.82) is 0 Å². The average molecular weight is 581 g/mol. The van der Waals surface area contributed by atoms with Crippen LogP contribution in [0.3, 0.4) is 0 Å². The fourth-order valence-electron chi connectivity index (χ4n) is 4.15. The standard InChI is InChI=1S/C26H36N2O5S.C7H8/c1-19(2)17-28(34-24-10-8-21(31-3)9-11-24)14-12-25(29)27-26(30)16-20-4-6-22(7-5-20)33-23-13-15-32-18-23;1-7-5-3-2-4-6-7/h4-11,19,23,25,29H,12-18H2,1-3H3,(H,27,30);2-6H,1H3. The Morgan fingerprint density at radius 3 is 2.29 bits per heavy atom. The zero-order chi connectivity index (χ0) is 29.5. The van der Waals surface area contributed by atoms with Crippen LogP contribution < -0.4 is 14.8 Å². The van der Waals surface area contributed by atoms with Crippen LogP contribution in [0.4, 0.5) is 0 Å². The first-order valence-corrected chi connectivity index (χ1v) is 15.0. The number of carbonyl (C=O) groups excluding carboxylic acids is 1. The van der Waals surface area contributed by atoms with Gasteiger partial charge in [0.25, 0.3) is 0 Å². The van der Waals surface area contributed by atoms with Crippen LogP contribution in [0.5, 0.6) is 11.5 Å². The fraction of sp³-hybridized carbons (Fsp3) is 0.424. The highest BCUT2D eigenvalue weighted by atomic mass is 32.2. The van der Waals surface area contributed by atoms with Gasteiger partial charge in [-0.2, -0.15) is 0 Å². The molecular formula is C33H44N2O5S. The SMILES string of the molecule is COc1ccc(SN(CCC(O)NC(=O)Cc2ccc(OC3CCOC3)cc2)CC(C)C)cc1.Cc1ccccc1. The quantitative estimate of drug-likeness (QED) is 0.193. The number of nitrogens with one attached hydrogen (secondary N) is 1. The molecule has 1 aliphatic heterocycles. The number of nitrogens with zero attached hydrogens (tertiary/aromatic N) is 1. The van der Waals surface area contributed by atoms with E-state index in [0.29, 0.717) is 25.5 Å². The first kappa shape index (κ1) is 32.5. The second kappa shape index (κ2) is 17.7. The molecule has 8 heteroatoms. The molecule has 3 aromatic carbocycles. The predicted molar refractivity (Wildman–Crippen MR) is 165 cm³/mol. The molecule has 222 valence electrons. The number of hydrogen-bond donors (Lipinski definition) is 2. The minimum Gasteiger partial charge on any atom is -0.497 e. The summed E-state index contributed by atoms with van der Waals surface area (Å²) in [6.45, 7) is 9.29. The molecule has 1 aliphatic rings. The van der Waals surface area contributed by atoms with E-state index in [1.807, 2.05) is 66.7 Å². The van der Waals surface area contributed by atoms with Gasteiger partial charge in [-0.05, 0) is 66.8 Å². The van der Waals surface area contributed by atoms with Gasteiger partial charge in [-0.25, -0.2) is 4.31 Å². The Morgan fingerprint density at radius 1 is 1.05 bits per heavy atom. The molecular weight excluding hydrogens is 536 g/mol. The van der Waals surface area contributed by atoms with E-state index in [0.717, 1.165) is 41.5 Å². The summed E-state index contributed by atoms with van der Waals surface area (Å²) in [5.41, 5.74) is 2.19. The second-order valence-corrected chi connectivity index (χ2v) is 11.7. The molecule has 2 atom stereocenters. The highest BCUT2D eigenvalue weighted by Crippen LogP contribution is 2.26. The maximum atomic E-state index is 12.4. The molecule has 0 radical (unpaired) electrons. The van der Waals surface area contributed by atoms with Crippen molar-refractivity contribution in [2.45, 2.75) is 57.3 Å². The van der Waals surface area contributed by atoms with Crippen LogP contribution in [-0.2, 0) is 16.0 Å². The molecule has 0 spiro atoms. The van der Waals surface area contributed by atoms with Crippen molar-refractivity contribution in [3.05, 3.63) is 90.0 Å². The number of aliphatic hydroxyl groups is 1. The summed E-state index contributed by atoms with van der Waals surface area (Å²) in [7, 11) is 1.65. The van der Waals surface area contributed by atoms with Crippen molar-refractivity contribution in [2.75, 3.05) is 33.4 Å². The number of carbonyl (C=O) groups is 1. The summed E-state index contributed by atoms with van der Waals surface area (Å²) in [5, 5.41) is 13.1. The van der Waals surface area contributed by atoms with Gasteiger partial charge in [-0.3, -0.25) is 4.79 Å². The summed E-state index contributed by atoms with van der Waals surface area (Å²) in [4.78, 5) is 13.5. The predicted octanol–water partition coefficient (Wildman–Crippen LogP) is 5.89. The number of aliphatic hydroxyl groups excluding tert-OH is 1. The molecule has 0 bridgehead atoms. The molecule has 4 rings (SSSR count). The van der Waals surface area contributed by atoms with Gasteiger partial charge in [-0.15, -0.1) is 0 Å². The zero-order valence-electron chi connectivity index (χ0n) is 24.6. The molecule has 1 amide bonds. The van der Waals surface area contributed by atoms with Crippen LogP contribution in [0.1, 0.15) is 37.8 Å². The van der Waals surface area contributed by atoms with Gasteiger partial charge >= 0.3 is 0 Å². The molecule has 3 aromatic rings. The summed E-state index contributed by atoms with van der Waals surface area (Å²) in [6.07, 6.45) is 0.749. The van der Waals surface area contributed by atoms with E-state index >= 15 is 0 Å². The lowest BCUT2D eigenvalue weighted by molar-refractivity contribution is -0.123. The minimum absolute atomic E-state index is 0.0995. The van der Waals surface area contributed by atoms with Gasteiger partial charge in [0.2, 0.25) is 5.91 Å². The van der Waals surface area contributed by atoms with E-state index in [1.54, 1.807) is 19.1 Å². The first-order valence-electron chi connectivity index (χ1n) is 14.2. The third-order valence-corrected chi connectivity index (χ3v) is 7.33. The largest absolute Gasteiger partial charge is 0.497 e. The Bertz CT molecular complexity index is 1140. The molecule has 41 heavy (non-hydrogen) atoms. The Hall–Kier alpha value is -3.04. The van der Waals surface area contributed by atoms with Gasteiger partial charge in [0.05, 0.1) is 26.7 Å². The maximum absolute atomic E-state index is 12.4. The lowest BCUT2D eigenvalue weighted by atomic mass is 10.1. The van der Waals surface area contributed by atoms with Gasteiger partial charge in [0.15, 0.2) is 0 Å². The van der Waals surface area contributed by atoms with Crippen LogP contribution >= 0.6 is 11.9 Å². The summed E-state index contributed by atoms with van der Waals surface area (Å²) < 4.78 is 18.6. The number of aryl methyl sites for hydroxylation is 1. The van der Waals surface area contributed by atoms with E-state index in [1.165, 1.54) is 5.56 Å². The lowest BCUT2D eigenvalue weighted by Crippen LogP contribution is -2.38. The van der Waals surface area contributed by atoms with Gasteiger partial charge in [0, 0.05) is 30.8 Å². The lowest BCUT2D eigenvalue weighted by Gasteiger charge is -2.24. The number of amides is 1. The minimum atomic E-state index is -0.899. The number of rotatable bonds is 13. The molecule has 1 saturated heterocycles. The summed E-state index contributed by atoms with van der Waals surface area (Å²) in [5.74, 6) is 1.87. The molecule has 0 saturated carbocycles. The molecule has 1 heterocycles. The van der Waals surface area contributed by atoms with E-state index in [2.05, 4.69) is 42.5 Å². The normalized spacial score (nSPS) is 15.2. The van der Waals surface area contributed by atoms with Crippen molar-refractivity contribution < 1.29 is 24.1 Å². The number of ether oxygens (including phenoxy) is 3. The van der Waals surface area contributed by atoms with Crippen molar-refractivity contribution in [3.63, 3.8) is 0 Å². The monoisotopic (exact) mass is 580 g/mol. The Balaban J connectivity index is 0.000000575. The van der Waals surface area contributed by atoms with Crippen molar-refractivity contribution in [2.24, 2.45) is 5.92 Å². The maximum Gasteiger partial charge on any atom is 0.226 e. The van der Waals surface area contributed by atoms with Crippen LogP contribution in [0.15, 0.2) is 83.8 Å². The Labute approximate surface area is 249 Å². The number of methoxy groups -OCH3 is 1. The topological polar surface area (TPSA) is 80.3 Å². The van der Waals surface area contributed by atoms with Crippen LogP contribution in [0.2, 0.25) is 0 Å². The van der Waals surface area contributed by atoms with Crippen LogP contribution in [-0.4, -0.2) is 61.1 Å². The van der Waals surface area contributed by atoms with E-state index < -0.39 is 6.23 Å². The van der Waals surface area contributed by atoms with E-state index in [4.69, 9.17) is 14.2 Å².